The van der Waals surface area contributed by atoms with Crippen LogP contribution in [0.1, 0.15) is 21.5 Å². The summed E-state index contributed by atoms with van der Waals surface area (Å²) in [6, 6.07) is 10.0. The van der Waals surface area contributed by atoms with Crippen molar-refractivity contribution in [3.63, 3.8) is 0 Å². The fourth-order valence-corrected chi connectivity index (χ4v) is 2.88. The number of likely N-dealkylation sites (N-methyl/N-ethyl adjacent to an activating group) is 1. The van der Waals surface area contributed by atoms with E-state index in [4.69, 9.17) is 0 Å². The fraction of sp³-hybridized carbons (Fsp3) is 0.368. The molecule has 1 amide bonds. The average molecular weight is 324 g/mol. The summed E-state index contributed by atoms with van der Waals surface area (Å²) >= 11 is 0. The van der Waals surface area contributed by atoms with Gasteiger partial charge in [-0.1, -0.05) is 24.3 Å². The molecule has 0 bridgehead atoms. The quantitative estimate of drug-likeness (QED) is 0.935. The number of aryl methyl sites for hydroxylation is 1. The van der Waals surface area contributed by atoms with Crippen LogP contribution in [0.15, 0.2) is 42.7 Å². The number of amides is 1. The standard InChI is InChI=1S/C19H24N4O/c1-15-5-3-4-6-16(15)13-21-19(24)17-11-18(14-20-12-17)23-9-7-22(2)8-10-23/h3-6,11-12,14H,7-10,13H2,1-2H3,(H,21,24). The number of pyridine rings is 1. The summed E-state index contributed by atoms with van der Waals surface area (Å²) in [6.45, 7) is 6.58. The maximum Gasteiger partial charge on any atom is 0.253 e. The van der Waals surface area contributed by atoms with E-state index in [9.17, 15) is 4.79 Å². The second kappa shape index (κ2) is 7.45. The highest BCUT2D eigenvalue weighted by Gasteiger charge is 2.16. The first-order chi connectivity index (χ1) is 11.6. The SMILES string of the molecule is Cc1ccccc1CNC(=O)c1cncc(N2CCN(C)CC2)c1. The molecule has 3 rings (SSSR count). The van der Waals surface area contributed by atoms with Crippen molar-refractivity contribution in [2.75, 3.05) is 38.1 Å². The molecule has 2 aromatic rings. The van der Waals surface area contributed by atoms with Crippen molar-refractivity contribution in [2.45, 2.75) is 13.5 Å². The van der Waals surface area contributed by atoms with Gasteiger partial charge in [-0.2, -0.15) is 0 Å². The maximum atomic E-state index is 12.4. The van der Waals surface area contributed by atoms with Gasteiger partial charge in [0.15, 0.2) is 0 Å². The Morgan fingerprint density at radius 2 is 1.92 bits per heavy atom. The topological polar surface area (TPSA) is 48.5 Å². The highest BCUT2D eigenvalue weighted by atomic mass is 16.1. The summed E-state index contributed by atoms with van der Waals surface area (Å²) in [4.78, 5) is 21.3. The Labute approximate surface area is 143 Å². The van der Waals surface area contributed by atoms with Gasteiger partial charge in [-0.05, 0) is 31.2 Å². The third-order valence-electron chi connectivity index (χ3n) is 4.56. The minimum Gasteiger partial charge on any atom is -0.368 e. The Balaban J connectivity index is 1.65. The lowest BCUT2D eigenvalue weighted by Gasteiger charge is -2.33. The summed E-state index contributed by atoms with van der Waals surface area (Å²) in [6.07, 6.45) is 3.47. The molecule has 2 heterocycles. The lowest BCUT2D eigenvalue weighted by Crippen LogP contribution is -2.44. The van der Waals surface area contributed by atoms with Gasteiger partial charge in [0.1, 0.15) is 0 Å². The number of piperazine rings is 1. The minimum atomic E-state index is -0.0817. The van der Waals surface area contributed by atoms with E-state index in [1.54, 1.807) is 6.20 Å². The minimum absolute atomic E-state index is 0.0817. The molecule has 1 aromatic heterocycles. The number of hydrogen-bond donors (Lipinski definition) is 1. The number of benzene rings is 1. The van der Waals surface area contributed by atoms with Gasteiger partial charge < -0.3 is 15.1 Å². The van der Waals surface area contributed by atoms with E-state index >= 15 is 0 Å². The molecule has 0 atom stereocenters. The highest BCUT2D eigenvalue weighted by molar-refractivity contribution is 5.94. The molecule has 5 nitrogen and oxygen atoms in total. The van der Waals surface area contributed by atoms with Crippen molar-refractivity contribution < 1.29 is 4.79 Å². The predicted octanol–water partition coefficient (Wildman–Crippen LogP) is 2.07. The van der Waals surface area contributed by atoms with E-state index in [0.29, 0.717) is 12.1 Å². The van der Waals surface area contributed by atoms with Gasteiger partial charge in [-0.3, -0.25) is 9.78 Å². The first-order valence-electron chi connectivity index (χ1n) is 8.35. The van der Waals surface area contributed by atoms with Crippen LogP contribution in [0, 0.1) is 6.92 Å². The molecule has 1 aliphatic heterocycles. The largest absolute Gasteiger partial charge is 0.368 e. The zero-order valence-corrected chi connectivity index (χ0v) is 14.3. The second-order valence-corrected chi connectivity index (χ2v) is 6.33. The van der Waals surface area contributed by atoms with Gasteiger partial charge in [-0.25, -0.2) is 0 Å². The second-order valence-electron chi connectivity index (χ2n) is 6.33. The van der Waals surface area contributed by atoms with E-state index in [1.807, 2.05) is 30.5 Å². The molecule has 0 aliphatic carbocycles. The number of carbonyl (C=O) groups excluding carboxylic acids is 1. The van der Waals surface area contributed by atoms with Crippen molar-refractivity contribution in [3.8, 4) is 0 Å². The van der Waals surface area contributed by atoms with Gasteiger partial charge in [0.2, 0.25) is 0 Å². The van der Waals surface area contributed by atoms with Gasteiger partial charge in [-0.15, -0.1) is 0 Å². The molecule has 1 saturated heterocycles. The monoisotopic (exact) mass is 324 g/mol. The Kier molecular flexibility index (Phi) is 5.11. The summed E-state index contributed by atoms with van der Waals surface area (Å²) < 4.78 is 0. The Hall–Kier alpha value is -2.40. The zero-order valence-electron chi connectivity index (χ0n) is 14.3. The van der Waals surface area contributed by atoms with E-state index in [2.05, 4.69) is 40.1 Å². The Morgan fingerprint density at radius 3 is 2.67 bits per heavy atom. The summed E-state index contributed by atoms with van der Waals surface area (Å²) in [5.41, 5.74) is 3.95. The number of carbonyl (C=O) groups is 1. The molecule has 1 fully saturated rings. The molecule has 24 heavy (non-hydrogen) atoms. The van der Waals surface area contributed by atoms with Crippen LogP contribution in [0.25, 0.3) is 0 Å². The number of nitrogens with zero attached hydrogens (tertiary/aromatic N) is 3. The first kappa shape index (κ1) is 16.5. The number of hydrogen-bond acceptors (Lipinski definition) is 4. The highest BCUT2D eigenvalue weighted by Crippen LogP contribution is 2.16. The van der Waals surface area contributed by atoms with Crippen LogP contribution in [0.4, 0.5) is 5.69 Å². The number of nitrogens with one attached hydrogen (secondary N) is 1. The normalized spacial score (nSPS) is 15.3. The first-order valence-corrected chi connectivity index (χ1v) is 8.35. The van der Waals surface area contributed by atoms with E-state index in [1.165, 1.54) is 5.56 Å². The Morgan fingerprint density at radius 1 is 1.17 bits per heavy atom. The van der Waals surface area contributed by atoms with E-state index in [-0.39, 0.29) is 5.91 Å². The molecule has 5 heteroatoms. The van der Waals surface area contributed by atoms with Crippen LogP contribution < -0.4 is 10.2 Å². The molecule has 1 aliphatic rings. The number of anilines is 1. The van der Waals surface area contributed by atoms with Crippen molar-refractivity contribution in [1.82, 2.24) is 15.2 Å². The van der Waals surface area contributed by atoms with Gasteiger partial charge >= 0.3 is 0 Å². The molecule has 0 unspecified atom stereocenters. The van der Waals surface area contributed by atoms with Crippen LogP contribution in [0.2, 0.25) is 0 Å². The molecule has 1 N–H and O–H groups in total. The molecule has 126 valence electrons. The lowest BCUT2D eigenvalue weighted by molar-refractivity contribution is 0.0950. The number of aromatic nitrogens is 1. The van der Waals surface area contributed by atoms with Gasteiger partial charge in [0, 0.05) is 38.9 Å². The van der Waals surface area contributed by atoms with E-state index in [0.717, 1.165) is 37.4 Å². The van der Waals surface area contributed by atoms with Gasteiger partial charge in [0.25, 0.3) is 5.91 Å². The molecule has 0 spiro atoms. The smallest absolute Gasteiger partial charge is 0.253 e. The molecular weight excluding hydrogens is 300 g/mol. The molecular formula is C19H24N4O. The fourth-order valence-electron chi connectivity index (χ4n) is 2.88. The molecule has 1 aromatic carbocycles. The third kappa shape index (κ3) is 3.92. The number of rotatable bonds is 4. The third-order valence-corrected chi connectivity index (χ3v) is 4.56. The van der Waals surface area contributed by atoms with Crippen LogP contribution in [0.5, 0.6) is 0 Å². The Bertz CT molecular complexity index is 708. The van der Waals surface area contributed by atoms with Crippen LogP contribution in [-0.2, 0) is 6.54 Å². The average Bonchev–Trinajstić information content (AvgIpc) is 2.61. The van der Waals surface area contributed by atoms with Crippen LogP contribution in [0.3, 0.4) is 0 Å². The predicted molar refractivity (Wildman–Crippen MR) is 96.3 cm³/mol. The van der Waals surface area contributed by atoms with Crippen molar-refractivity contribution >= 4 is 11.6 Å². The summed E-state index contributed by atoms with van der Waals surface area (Å²) in [5.74, 6) is -0.0817. The summed E-state index contributed by atoms with van der Waals surface area (Å²) in [5, 5.41) is 2.99. The van der Waals surface area contributed by atoms with Crippen molar-refractivity contribution in [2.24, 2.45) is 0 Å². The zero-order chi connectivity index (χ0) is 16.9. The molecule has 0 radical (unpaired) electrons. The summed E-state index contributed by atoms with van der Waals surface area (Å²) in [7, 11) is 2.13. The van der Waals surface area contributed by atoms with Crippen molar-refractivity contribution in [1.29, 1.82) is 0 Å². The molecule has 0 saturated carbocycles. The maximum absolute atomic E-state index is 12.4. The van der Waals surface area contributed by atoms with Crippen molar-refractivity contribution in [3.05, 3.63) is 59.4 Å². The van der Waals surface area contributed by atoms with Gasteiger partial charge in [0.05, 0.1) is 17.4 Å². The van der Waals surface area contributed by atoms with Crippen LogP contribution in [-0.4, -0.2) is 49.0 Å². The lowest BCUT2D eigenvalue weighted by atomic mass is 10.1. The van der Waals surface area contributed by atoms with E-state index < -0.39 is 0 Å². The van der Waals surface area contributed by atoms with Crippen LogP contribution >= 0.6 is 0 Å².